The molecule has 0 aromatic carbocycles. The van der Waals surface area contributed by atoms with Crippen LogP contribution in [0.2, 0.25) is 0 Å². The molecule has 0 aromatic rings. The van der Waals surface area contributed by atoms with Crippen LogP contribution in [0.5, 0.6) is 0 Å². The summed E-state index contributed by atoms with van der Waals surface area (Å²) in [5.74, 6) is 0.428. The van der Waals surface area contributed by atoms with Gasteiger partial charge in [0.2, 0.25) is 0 Å². The molecule has 3 atom stereocenters. The van der Waals surface area contributed by atoms with Crippen LogP contribution >= 0.6 is 22.6 Å². The van der Waals surface area contributed by atoms with E-state index >= 15 is 0 Å². The van der Waals surface area contributed by atoms with E-state index < -0.39 is 9.84 Å². The van der Waals surface area contributed by atoms with Crippen LogP contribution in [0.1, 0.15) is 19.3 Å². The number of sulfone groups is 1. The van der Waals surface area contributed by atoms with Crippen molar-refractivity contribution in [2.45, 2.75) is 35.4 Å². The van der Waals surface area contributed by atoms with Crippen molar-refractivity contribution in [1.82, 2.24) is 0 Å². The molecule has 2 aliphatic rings. The molecule has 0 spiro atoms. The van der Waals surface area contributed by atoms with Gasteiger partial charge >= 0.3 is 0 Å². The Labute approximate surface area is 110 Å². The molecule has 2 aliphatic heterocycles. The van der Waals surface area contributed by atoms with Gasteiger partial charge in [-0.15, -0.1) is 0 Å². The molecule has 3 unspecified atom stereocenters. The summed E-state index contributed by atoms with van der Waals surface area (Å²) in [6.07, 6.45) is 3.37. The zero-order valence-electron chi connectivity index (χ0n) is 9.10. The molecule has 16 heavy (non-hydrogen) atoms. The SMILES string of the molecule is O=S1(=O)CC(I)C(OCC2CCCCO2)C1. The van der Waals surface area contributed by atoms with Gasteiger partial charge in [-0.05, 0) is 19.3 Å². The minimum Gasteiger partial charge on any atom is -0.376 e. The minimum absolute atomic E-state index is 0.0891. The number of rotatable bonds is 3. The van der Waals surface area contributed by atoms with Gasteiger partial charge in [-0.2, -0.15) is 0 Å². The van der Waals surface area contributed by atoms with E-state index in [0.717, 1.165) is 19.4 Å². The van der Waals surface area contributed by atoms with Crippen LogP contribution in [0.25, 0.3) is 0 Å². The summed E-state index contributed by atoms with van der Waals surface area (Å²) >= 11 is 2.17. The number of hydrogen-bond acceptors (Lipinski definition) is 4. The Morgan fingerprint density at radius 3 is 2.69 bits per heavy atom. The largest absolute Gasteiger partial charge is 0.376 e. The van der Waals surface area contributed by atoms with E-state index in [0.29, 0.717) is 6.61 Å². The van der Waals surface area contributed by atoms with Crippen molar-refractivity contribution in [3.8, 4) is 0 Å². The fourth-order valence-corrected chi connectivity index (χ4v) is 6.21. The molecule has 0 bridgehead atoms. The number of hydrogen-bond donors (Lipinski definition) is 0. The first-order chi connectivity index (χ1) is 7.57. The zero-order chi connectivity index (χ0) is 11.6. The van der Waals surface area contributed by atoms with Gasteiger partial charge in [-0.3, -0.25) is 0 Å². The summed E-state index contributed by atoms with van der Waals surface area (Å²) in [7, 11) is -2.87. The van der Waals surface area contributed by atoms with Gasteiger partial charge in [0, 0.05) is 6.61 Å². The van der Waals surface area contributed by atoms with Crippen LogP contribution < -0.4 is 0 Å². The van der Waals surface area contributed by atoms with Gasteiger partial charge < -0.3 is 9.47 Å². The standard InChI is InChI=1S/C10H17IO4S/c11-9-6-16(12,13)7-10(9)15-5-8-3-1-2-4-14-8/h8-10H,1-7H2. The van der Waals surface area contributed by atoms with Gasteiger partial charge in [0.25, 0.3) is 0 Å². The lowest BCUT2D eigenvalue weighted by Crippen LogP contribution is -2.30. The molecule has 2 rings (SSSR count). The second-order valence-electron chi connectivity index (χ2n) is 4.45. The van der Waals surface area contributed by atoms with Crippen LogP contribution in [0.15, 0.2) is 0 Å². The van der Waals surface area contributed by atoms with Crippen LogP contribution in [0, 0.1) is 0 Å². The van der Waals surface area contributed by atoms with Crippen molar-refractivity contribution in [1.29, 1.82) is 0 Å². The molecule has 6 heteroatoms. The second kappa shape index (κ2) is 5.49. The minimum atomic E-state index is -2.87. The highest BCUT2D eigenvalue weighted by molar-refractivity contribution is 14.1. The monoisotopic (exact) mass is 360 g/mol. The third-order valence-corrected chi connectivity index (χ3v) is 6.55. The van der Waals surface area contributed by atoms with Crippen molar-refractivity contribution < 1.29 is 17.9 Å². The Balaban J connectivity index is 1.77. The summed E-state index contributed by atoms with van der Waals surface area (Å²) in [5, 5.41) is 0. The molecular weight excluding hydrogens is 343 g/mol. The maximum absolute atomic E-state index is 11.4. The number of ether oxygens (including phenoxy) is 2. The summed E-state index contributed by atoms with van der Waals surface area (Å²) in [5.41, 5.74) is 0. The number of alkyl halides is 1. The molecule has 2 fully saturated rings. The molecule has 2 heterocycles. The smallest absolute Gasteiger partial charge is 0.154 e. The highest BCUT2D eigenvalue weighted by Crippen LogP contribution is 2.24. The molecule has 0 amide bonds. The Hall–Kier alpha value is 0.600. The molecule has 0 aromatic heterocycles. The molecule has 0 N–H and O–H groups in total. The van der Waals surface area contributed by atoms with E-state index in [4.69, 9.17) is 9.47 Å². The Morgan fingerprint density at radius 2 is 2.12 bits per heavy atom. The lowest BCUT2D eigenvalue weighted by molar-refractivity contribution is -0.0556. The molecule has 0 saturated carbocycles. The van der Waals surface area contributed by atoms with E-state index in [1.54, 1.807) is 0 Å². The average Bonchev–Trinajstić information content (AvgIpc) is 2.50. The summed E-state index contributed by atoms with van der Waals surface area (Å²) in [4.78, 5) is 0. The van der Waals surface area contributed by atoms with Crippen molar-refractivity contribution in [3.05, 3.63) is 0 Å². The molecule has 0 aliphatic carbocycles. The zero-order valence-corrected chi connectivity index (χ0v) is 12.1. The van der Waals surface area contributed by atoms with Crippen LogP contribution in [0.4, 0.5) is 0 Å². The number of halogens is 1. The summed E-state index contributed by atoms with van der Waals surface area (Å²) < 4.78 is 34.1. The Morgan fingerprint density at radius 1 is 1.31 bits per heavy atom. The summed E-state index contributed by atoms with van der Waals surface area (Å²) in [6.45, 7) is 1.35. The normalized spacial score (nSPS) is 38.7. The predicted octanol–water partition coefficient (Wildman–Crippen LogP) is 1.17. The third kappa shape index (κ3) is 3.54. The van der Waals surface area contributed by atoms with Crippen LogP contribution in [-0.2, 0) is 19.3 Å². The van der Waals surface area contributed by atoms with E-state index in [9.17, 15) is 8.42 Å². The lowest BCUT2D eigenvalue weighted by atomic mass is 10.1. The molecule has 94 valence electrons. The van der Waals surface area contributed by atoms with Crippen LogP contribution in [-0.4, -0.2) is 49.3 Å². The van der Waals surface area contributed by atoms with Crippen molar-refractivity contribution >= 4 is 32.4 Å². The maximum Gasteiger partial charge on any atom is 0.154 e. The second-order valence-corrected chi connectivity index (χ2v) is 8.21. The van der Waals surface area contributed by atoms with E-state index in [1.165, 1.54) is 6.42 Å². The molecular formula is C10H17IO4S. The first-order valence-corrected chi connectivity index (χ1v) is 8.71. The van der Waals surface area contributed by atoms with Gasteiger partial charge in [-0.1, -0.05) is 22.6 Å². The van der Waals surface area contributed by atoms with Gasteiger partial charge in [0.05, 0.1) is 34.2 Å². The van der Waals surface area contributed by atoms with Gasteiger partial charge in [-0.25, -0.2) is 8.42 Å². The van der Waals surface area contributed by atoms with Gasteiger partial charge in [0.15, 0.2) is 9.84 Å². The molecule has 0 radical (unpaired) electrons. The predicted molar refractivity (Wildman–Crippen MR) is 69.8 cm³/mol. The van der Waals surface area contributed by atoms with E-state index in [2.05, 4.69) is 22.6 Å². The van der Waals surface area contributed by atoms with E-state index in [-0.39, 0.29) is 27.6 Å². The lowest BCUT2D eigenvalue weighted by Gasteiger charge is -2.24. The fraction of sp³-hybridized carbons (Fsp3) is 1.00. The van der Waals surface area contributed by atoms with Gasteiger partial charge in [0.1, 0.15) is 0 Å². The summed E-state index contributed by atoms with van der Waals surface area (Å²) in [6, 6.07) is 0. The third-order valence-electron chi connectivity index (χ3n) is 3.00. The Bertz CT molecular complexity index is 324. The van der Waals surface area contributed by atoms with Crippen molar-refractivity contribution in [2.75, 3.05) is 24.7 Å². The van der Waals surface area contributed by atoms with Crippen molar-refractivity contribution in [2.24, 2.45) is 0 Å². The highest BCUT2D eigenvalue weighted by atomic mass is 127. The first-order valence-electron chi connectivity index (χ1n) is 5.64. The average molecular weight is 360 g/mol. The maximum atomic E-state index is 11.4. The highest BCUT2D eigenvalue weighted by Gasteiger charge is 2.37. The quantitative estimate of drug-likeness (QED) is 0.560. The Kier molecular flexibility index (Phi) is 4.48. The molecule has 4 nitrogen and oxygen atoms in total. The van der Waals surface area contributed by atoms with E-state index in [1.807, 2.05) is 0 Å². The molecule has 2 saturated heterocycles. The van der Waals surface area contributed by atoms with Crippen molar-refractivity contribution in [3.63, 3.8) is 0 Å². The van der Waals surface area contributed by atoms with Crippen LogP contribution in [0.3, 0.4) is 0 Å². The fourth-order valence-electron chi connectivity index (χ4n) is 2.09. The topological polar surface area (TPSA) is 52.6 Å². The first kappa shape index (κ1) is 13.0.